The molecule has 2 aliphatic heterocycles. The second kappa shape index (κ2) is 7.38. The van der Waals surface area contributed by atoms with Gasteiger partial charge in [0.25, 0.3) is 0 Å². The molecule has 2 nitrogen and oxygen atoms in total. The van der Waals surface area contributed by atoms with Crippen LogP contribution >= 0.6 is 0 Å². The molecule has 2 fully saturated rings. The highest BCUT2D eigenvalue weighted by molar-refractivity contribution is 4.86. The lowest BCUT2D eigenvalue weighted by Gasteiger charge is -2.37. The largest absolute Gasteiger partial charge is 0.301 e. The predicted molar refractivity (Wildman–Crippen MR) is 74.4 cm³/mol. The van der Waals surface area contributed by atoms with Gasteiger partial charge in [0.2, 0.25) is 0 Å². The van der Waals surface area contributed by atoms with Crippen molar-refractivity contribution in [3.8, 4) is 0 Å². The number of rotatable bonds is 7. The molecular formula is C15H30N2. The maximum absolute atomic E-state index is 2.71. The summed E-state index contributed by atoms with van der Waals surface area (Å²) in [5.74, 6) is 0. The summed E-state index contributed by atoms with van der Waals surface area (Å²) in [6.07, 6.45) is 11.5. The fourth-order valence-corrected chi connectivity index (χ4v) is 3.37. The van der Waals surface area contributed by atoms with Crippen molar-refractivity contribution in [2.24, 2.45) is 0 Å². The Kier molecular flexibility index (Phi) is 5.79. The average Bonchev–Trinajstić information content (AvgIpc) is 2.81. The Morgan fingerprint density at radius 3 is 2.65 bits per heavy atom. The second-order valence-electron chi connectivity index (χ2n) is 5.90. The van der Waals surface area contributed by atoms with E-state index in [0.717, 1.165) is 6.04 Å². The van der Waals surface area contributed by atoms with E-state index in [4.69, 9.17) is 0 Å². The van der Waals surface area contributed by atoms with Crippen LogP contribution in [0.1, 0.15) is 58.3 Å². The first-order valence-corrected chi connectivity index (χ1v) is 7.86. The van der Waals surface area contributed by atoms with E-state index in [1.165, 1.54) is 84.1 Å². The molecule has 1 unspecified atom stereocenters. The van der Waals surface area contributed by atoms with Crippen molar-refractivity contribution < 1.29 is 0 Å². The minimum absolute atomic E-state index is 0.906. The van der Waals surface area contributed by atoms with Gasteiger partial charge in [0.05, 0.1) is 0 Å². The molecular weight excluding hydrogens is 208 g/mol. The van der Waals surface area contributed by atoms with Crippen LogP contribution in [-0.4, -0.2) is 48.6 Å². The number of unbranched alkanes of at least 4 members (excludes halogenated alkanes) is 5. The molecule has 0 radical (unpaired) electrons. The van der Waals surface area contributed by atoms with Crippen LogP contribution in [0.2, 0.25) is 0 Å². The Morgan fingerprint density at radius 2 is 1.76 bits per heavy atom. The monoisotopic (exact) mass is 238 g/mol. The van der Waals surface area contributed by atoms with Gasteiger partial charge in [0.1, 0.15) is 0 Å². The normalized spacial score (nSPS) is 26.3. The van der Waals surface area contributed by atoms with Crippen LogP contribution in [-0.2, 0) is 0 Å². The molecule has 0 aromatic heterocycles. The average molecular weight is 238 g/mol. The van der Waals surface area contributed by atoms with E-state index in [1.807, 2.05) is 0 Å². The van der Waals surface area contributed by atoms with Crippen molar-refractivity contribution in [3.05, 3.63) is 0 Å². The first-order chi connectivity index (χ1) is 8.40. The van der Waals surface area contributed by atoms with Gasteiger partial charge in [-0.25, -0.2) is 0 Å². The summed E-state index contributed by atoms with van der Waals surface area (Å²) in [5, 5.41) is 0. The molecule has 100 valence electrons. The molecule has 0 bridgehead atoms. The zero-order valence-corrected chi connectivity index (χ0v) is 11.7. The molecule has 2 heterocycles. The Balaban J connectivity index is 1.51. The summed E-state index contributed by atoms with van der Waals surface area (Å²) >= 11 is 0. The van der Waals surface area contributed by atoms with Gasteiger partial charge >= 0.3 is 0 Å². The van der Waals surface area contributed by atoms with Crippen LogP contribution in [0.3, 0.4) is 0 Å². The molecule has 2 rings (SSSR count). The van der Waals surface area contributed by atoms with E-state index < -0.39 is 0 Å². The molecule has 0 aromatic carbocycles. The second-order valence-corrected chi connectivity index (χ2v) is 5.90. The lowest BCUT2D eigenvalue weighted by atomic mass is 10.1. The molecule has 2 saturated heterocycles. The fourth-order valence-electron chi connectivity index (χ4n) is 3.37. The summed E-state index contributed by atoms with van der Waals surface area (Å²) in [6, 6.07) is 0.906. The molecule has 2 heteroatoms. The van der Waals surface area contributed by atoms with Gasteiger partial charge in [0.15, 0.2) is 0 Å². The summed E-state index contributed by atoms with van der Waals surface area (Å²) < 4.78 is 0. The van der Waals surface area contributed by atoms with Crippen LogP contribution < -0.4 is 0 Å². The number of nitrogens with zero attached hydrogens (tertiary/aromatic N) is 2. The molecule has 0 saturated carbocycles. The maximum atomic E-state index is 2.71. The van der Waals surface area contributed by atoms with Crippen LogP contribution in [0.15, 0.2) is 0 Å². The summed E-state index contributed by atoms with van der Waals surface area (Å²) in [6.45, 7) is 9.04. The van der Waals surface area contributed by atoms with Crippen molar-refractivity contribution >= 4 is 0 Å². The van der Waals surface area contributed by atoms with E-state index in [0.29, 0.717) is 0 Å². The number of piperazine rings is 1. The molecule has 0 spiro atoms. The number of hydrogen-bond acceptors (Lipinski definition) is 2. The minimum atomic E-state index is 0.906. The van der Waals surface area contributed by atoms with Crippen LogP contribution in [0.4, 0.5) is 0 Å². The highest BCUT2D eigenvalue weighted by Crippen LogP contribution is 2.21. The third kappa shape index (κ3) is 4.26. The first-order valence-electron chi connectivity index (χ1n) is 7.86. The van der Waals surface area contributed by atoms with Crippen molar-refractivity contribution in [2.75, 3.05) is 32.7 Å². The minimum Gasteiger partial charge on any atom is -0.301 e. The zero-order valence-electron chi connectivity index (χ0n) is 11.7. The van der Waals surface area contributed by atoms with Crippen molar-refractivity contribution in [1.29, 1.82) is 0 Å². The van der Waals surface area contributed by atoms with Crippen molar-refractivity contribution in [2.45, 2.75) is 64.3 Å². The smallest absolute Gasteiger partial charge is 0.0224 e. The van der Waals surface area contributed by atoms with E-state index in [1.54, 1.807) is 0 Å². The van der Waals surface area contributed by atoms with E-state index >= 15 is 0 Å². The molecule has 0 aliphatic carbocycles. The van der Waals surface area contributed by atoms with Gasteiger partial charge < -0.3 is 4.90 Å². The summed E-state index contributed by atoms with van der Waals surface area (Å²) in [4.78, 5) is 5.42. The van der Waals surface area contributed by atoms with Crippen LogP contribution in [0.5, 0.6) is 0 Å². The van der Waals surface area contributed by atoms with Gasteiger partial charge in [0, 0.05) is 25.7 Å². The van der Waals surface area contributed by atoms with Gasteiger partial charge in [-0.15, -0.1) is 0 Å². The Bertz CT molecular complexity index is 205. The summed E-state index contributed by atoms with van der Waals surface area (Å²) in [7, 11) is 0. The van der Waals surface area contributed by atoms with E-state index in [9.17, 15) is 0 Å². The molecule has 0 amide bonds. The van der Waals surface area contributed by atoms with Crippen LogP contribution in [0.25, 0.3) is 0 Å². The summed E-state index contributed by atoms with van der Waals surface area (Å²) in [5.41, 5.74) is 0. The van der Waals surface area contributed by atoms with E-state index in [-0.39, 0.29) is 0 Å². The van der Waals surface area contributed by atoms with Gasteiger partial charge in [-0.1, -0.05) is 39.0 Å². The first kappa shape index (κ1) is 13.4. The number of fused-ring (bicyclic) bond motifs is 1. The SMILES string of the molecule is CCCCCCCCN1CCN2CCCC2C1. The van der Waals surface area contributed by atoms with E-state index in [2.05, 4.69) is 16.7 Å². The molecule has 0 N–H and O–H groups in total. The van der Waals surface area contributed by atoms with Gasteiger partial charge in [-0.3, -0.25) is 4.90 Å². The third-order valence-corrected chi connectivity index (χ3v) is 4.50. The van der Waals surface area contributed by atoms with Crippen molar-refractivity contribution in [1.82, 2.24) is 9.80 Å². The lowest BCUT2D eigenvalue weighted by Crippen LogP contribution is -2.50. The predicted octanol–water partition coefficient (Wildman–Crippen LogP) is 3.13. The Hall–Kier alpha value is -0.0800. The highest BCUT2D eigenvalue weighted by atomic mass is 15.3. The zero-order chi connectivity index (χ0) is 11.9. The maximum Gasteiger partial charge on any atom is 0.0224 e. The van der Waals surface area contributed by atoms with Crippen LogP contribution in [0, 0.1) is 0 Å². The molecule has 1 atom stereocenters. The third-order valence-electron chi connectivity index (χ3n) is 4.50. The standard InChI is InChI=1S/C15H30N2/c1-2-3-4-5-6-7-10-16-12-13-17-11-8-9-15(17)14-16/h15H,2-14H2,1H3. The van der Waals surface area contributed by atoms with Gasteiger partial charge in [-0.05, 0) is 32.4 Å². The molecule has 2 aliphatic rings. The lowest BCUT2D eigenvalue weighted by molar-refractivity contribution is 0.103. The van der Waals surface area contributed by atoms with Gasteiger partial charge in [-0.2, -0.15) is 0 Å². The molecule has 17 heavy (non-hydrogen) atoms. The Morgan fingerprint density at radius 1 is 0.941 bits per heavy atom. The molecule has 0 aromatic rings. The Labute approximate surface area is 107 Å². The van der Waals surface area contributed by atoms with Crippen molar-refractivity contribution in [3.63, 3.8) is 0 Å². The highest BCUT2D eigenvalue weighted by Gasteiger charge is 2.29. The fraction of sp³-hybridized carbons (Fsp3) is 1.00. The number of hydrogen-bond donors (Lipinski definition) is 0. The quantitative estimate of drug-likeness (QED) is 0.629. The topological polar surface area (TPSA) is 6.48 Å².